The first-order valence-electron chi connectivity index (χ1n) is 9.01. The lowest BCUT2D eigenvalue weighted by Gasteiger charge is -2.13. The molecule has 1 heterocycles. The molecule has 0 aliphatic carbocycles. The van der Waals surface area contributed by atoms with Gasteiger partial charge in [0, 0.05) is 23.5 Å². The minimum atomic E-state index is -0.892. The van der Waals surface area contributed by atoms with Crippen LogP contribution in [0, 0.1) is 18.6 Å². The molecule has 0 bridgehead atoms. The third-order valence-corrected chi connectivity index (χ3v) is 4.41. The van der Waals surface area contributed by atoms with Gasteiger partial charge in [0.1, 0.15) is 17.3 Å². The Balaban J connectivity index is 1.80. The van der Waals surface area contributed by atoms with Gasteiger partial charge in [-0.3, -0.25) is 14.6 Å². The summed E-state index contributed by atoms with van der Waals surface area (Å²) in [7, 11) is 0. The number of carbonyl (C=O) groups is 2. The van der Waals surface area contributed by atoms with E-state index in [0.717, 1.165) is 29.7 Å². The maximum atomic E-state index is 13.8. The van der Waals surface area contributed by atoms with Gasteiger partial charge in [0.05, 0.1) is 5.69 Å². The van der Waals surface area contributed by atoms with Gasteiger partial charge in [-0.25, -0.2) is 8.78 Å². The summed E-state index contributed by atoms with van der Waals surface area (Å²) in [5.74, 6) is -2.74. The zero-order valence-corrected chi connectivity index (χ0v) is 15.9. The molecule has 0 aliphatic heterocycles. The lowest BCUT2D eigenvalue weighted by atomic mass is 10.1. The van der Waals surface area contributed by atoms with Crippen LogP contribution < -0.4 is 10.6 Å². The van der Waals surface area contributed by atoms with Crippen molar-refractivity contribution in [3.05, 3.63) is 88.7 Å². The number of rotatable bonds is 5. The predicted octanol–water partition coefficient (Wildman–Crippen LogP) is 4.74. The van der Waals surface area contributed by atoms with E-state index in [9.17, 15) is 18.4 Å². The number of hydrogen-bond acceptors (Lipinski definition) is 3. The molecule has 0 saturated heterocycles. The van der Waals surface area contributed by atoms with Gasteiger partial charge < -0.3 is 10.6 Å². The summed E-state index contributed by atoms with van der Waals surface area (Å²) < 4.78 is 26.8. The van der Waals surface area contributed by atoms with E-state index < -0.39 is 23.4 Å². The summed E-state index contributed by atoms with van der Waals surface area (Å²) in [6.07, 6.45) is 2.07. The number of hydrogen-bond donors (Lipinski definition) is 2. The maximum absolute atomic E-state index is 13.8. The van der Waals surface area contributed by atoms with Crippen LogP contribution in [0.3, 0.4) is 0 Å². The van der Waals surface area contributed by atoms with Crippen LogP contribution in [-0.4, -0.2) is 16.8 Å². The molecular weight excluding hydrogens is 376 g/mol. The molecule has 0 atom stereocenters. The van der Waals surface area contributed by atoms with E-state index in [1.807, 2.05) is 32.0 Å². The summed E-state index contributed by atoms with van der Waals surface area (Å²) >= 11 is 0. The number of nitrogens with zero attached hydrogens (tertiary/aromatic N) is 1. The number of benzene rings is 2. The van der Waals surface area contributed by atoms with Crippen LogP contribution in [0.1, 0.15) is 38.9 Å². The summed E-state index contributed by atoms with van der Waals surface area (Å²) in [4.78, 5) is 29.1. The molecule has 5 nitrogen and oxygen atoms in total. The van der Waals surface area contributed by atoms with E-state index in [4.69, 9.17) is 0 Å². The topological polar surface area (TPSA) is 71.1 Å². The first kappa shape index (κ1) is 20.1. The second kappa shape index (κ2) is 8.60. The zero-order valence-electron chi connectivity index (χ0n) is 15.9. The molecule has 0 spiro atoms. The zero-order chi connectivity index (χ0) is 21.0. The van der Waals surface area contributed by atoms with Crippen molar-refractivity contribution in [2.24, 2.45) is 0 Å². The average molecular weight is 395 g/mol. The number of aromatic nitrogens is 1. The van der Waals surface area contributed by atoms with E-state index >= 15 is 0 Å². The van der Waals surface area contributed by atoms with Gasteiger partial charge in [-0.15, -0.1) is 0 Å². The third-order valence-electron chi connectivity index (χ3n) is 4.41. The van der Waals surface area contributed by atoms with Crippen LogP contribution in [0.2, 0.25) is 0 Å². The van der Waals surface area contributed by atoms with Crippen LogP contribution in [0.5, 0.6) is 0 Å². The van der Waals surface area contributed by atoms with Crippen molar-refractivity contribution >= 4 is 23.2 Å². The monoisotopic (exact) mass is 395 g/mol. The number of halogens is 2. The van der Waals surface area contributed by atoms with E-state index in [2.05, 4.69) is 15.6 Å². The summed E-state index contributed by atoms with van der Waals surface area (Å²) in [5, 5.41) is 5.20. The van der Waals surface area contributed by atoms with Crippen molar-refractivity contribution in [3.63, 3.8) is 0 Å². The van der Waals surface area contributed by atoms with Gasteiger partial charge in [-0.1, -0.05) is 25.1 Å². The van der Waals surface area contributed by atoms with E-state index in [-0.39, 0.29) is 16.9 Å². The predicted molar refractivity (Wildman–Crippen MR) is 107 cm³/mol. The van der Waals surface area contributed by atoms with Crippen molar-refractivity contribution in [1.29, 1.82) is 0 Å². The van der Waals surface area contributed by atoms with Crippen molar-refractivity contribution in [3.8, 4) is 0 Å². The van der Waals surface area contributed by atoms with Gasteiger partial charge in [0.25, 0.3) is 11.8 Å². The Hall–Kier alpha value is -3.61. The van der Waals surface area contributed by atoms with Gasteiger partial charge >= 0.3 is 0 Å². The minimum Gasteiger partial charge on any atom is -0.320 e. The van der Waals surface area contributed by atoms with E-state index in [0.29, 0.717) is 11.8 Å². The summed E-state index contributed by atoms with van der Waals surface area (Å²) in [6, 6.07) is 11.3. The molecule has 0 unspecified atom stereocenters. The molecule has 2 aromatic carbocycles. The largest absolute Gasteiger partial charge is 0.320 e. The Morgan fingerprint density at radius 2 is 1.79 bits per heavy atom. The summed E-state index contributed by atoms with van der Waals surface area (Å²) in [5.41, 5.74) is 2.62. The molecule has 0 fully saturated rings. The van der Waals surface area contributed by atoms with Crippen molar-refractivity contribution in [2.45, 2.75) is 20.3 Å². The Kier molecular flexibility index (Phi) is 5.97. The smallest absolute Gasteiger partial charge is 0.274 e. The standard InChI is InChI=1S/C22H19F2N3O2/c1-3-14-6-4-5-13(2)20(14)27-22(29)19-11-15(9-10-25-19)21(28)26-18-8-7-16(23)12-17(18)24/h4-12H,3H2,1-2H3,(H,26,28)(H,27,29). The second-order valence-electron chi connectivity index (χ2n) is 6.42. The highest BCUT2D eigenvalue weighted by molar-refractivity contribution is 6.08. The van der Waals surface area contributed by atoms with Crippen molar-refractivity contribution in [1.82, 2.24) is 4.98 Å². The molecule has 1 aromatic heterocycles. The van der Waals surface area contributed by atoms with Crippen LogP contribution in [0.15, 0.2) is 54.7 Å². The molecule has 2 amide bonds. The SMILES string of the molecule is CCc1cccc(C)c1NC(=O)c1cc(C(=O)Nc2ccc(F)cc2F)ccn1. The van der Waals surface area contributed by atoms with Crippen LogP contribution in [-0.2, 0) is 6.42 Å². The van der Waals surface area contributed by atoms with E-state index in [1.165, 1.54) is 18.3 Å². The maximum Gasteiger partial charge on any atom is 0.274 e. The first-order chi connectivity index (χ1) is 13.9. The lowest BCUT2D eigenvalue weighted by molar-refractivity contribution is 0.102. The highest BCUT2D eigenvalue weighted by Gasteiger charge is 2.15. The Morgan fingerprint density at radius 3 is 2.52 bits per heavy atom. The molecule has 3 aromatic rings. The summed E-state index contributed by atoms with van der Waals surface area (Å²) in [6.45, 7) is 3.88. The highest BCUT2D eigenvalue weighted by Crippen LogP contribution is 2.22. The normalized spacial score (nSPS) is 10.5. The van der Waals surface area contributed by atoms with Gasteiger partial charge in [-0.2, -0.15) is 0 Å². The molecular formula is C22H19F2N3O2. The number of nitrogens with one attached hydrogen (secondary N) is 2. The fourth-order valence-corrected chi connectivity index (χ4v) is 2.86. The van der Waals surface area contributed by atoms with E-state index in [1.54, 1.807) is 0 Å². The highest BCUT2D eigenvalue weighted by atomic mass is 19.1. The lowest BCUT2D eigenvalue weighted by Crippen LogP contribution is -2.18. The molecule has 148 valence electrons. The van der Waals surface area contributed by atoms with Crippen LogP contribution in [0.25, 0.3) is 0 Å². The van der Waals surface area contributed by atoms with Crippen LogP contribution >= 0.6 is 0 Å². The molecule has 3 rings (SSSR count). The number of amides is 2. The minimum absolute atomic E-state index is 0.0440. The van der Waals surface area contributed by atoms with Crippen LogP contribution in [0.4, 0.5) is 20.2 Å². The fourth-order valence-electron chi connectivity index (χ4n) is 2.86. The third kappa shape index (κ3) is 4.63. The van der Waals surface area contributed by atoms with Crippen molar-refractivity contribution in [2.75, 3.05) is 10.6 Å². The molecule has 2 N–H and O–H groups in total. The number of aryl methyl sites for hydroxylation is 2. The Morgan fingerprint density at radius 1 is 1.00 bits per heavy atom. The number of anilines is 2. The van der Waals surface area contributed by atoms with Gasteiger partial charge in [0.15, 0.2) is 0 Å². The van der Waals surface area contributed by atoms with Crippen molar-refractivity contribution < 1.29 is 18.4 Å². The second-order valence-corrected chi connectivity index (χ2v) is 6.42. The van der Waals surface area contributed by atoms with Gasteiger partial charge in [-0.05, 0) is 48.7 Å². The molecule has 0 saturated carbocycles. The Bertz CT molecular complexity index is 1080. The molecule has 7 heteroatoms. The number of para-hydroxylation sites is 1. The number of pyridine rings is 1. The number of carbonyl (C=O) groups excluding carboxylic acids is 2. The molecule has 0 radical (unpaired) electrons. The average Bonchev–Trinajstić information content (AvgIpc) is 2.71. The quantitative estimate of drug-likeness (QED) is 0.656. The molecule has 0 aliphatic rings. The van der Waals surface area contributed by atoms with Gasteiger partial charge in [0.2, 0.25) is 0 Å². The Labute approximate surface area is 166 Å². The fraction of sp³-hybridized carbons (Fsp3) is 0.136. The molecule has 29 heavy (non-hydrogen) atoms. The first-order valence-corrected chi connectivity index (χ1v) is 9.01.